The van der Waals surface area contributed by atoms with Crippen LogP contribution in [-0.2, 0) is 6.54 Å². The van der Waals surface area contributed by atoms with Gasteiger partial charge in [-0.2, -0.15) is 10.2 Å². The van der Waals surface area contributed by atoms with Gasteiger partial charge in [0.25, 0.3) is 5.91 Å². The third kappa shape index (κ3) is 4.27. The van der Waals surface area contributed by atoms with Crippen LogP contribution in [0.15, 0.2) is 36.5 Å². The lowest BCUT2D eigenvalue weighted by Crippen LogP contribution is -2.23. The van der Waals surface area contributed by atoms with Crippen molar-refractivity contribution in [1.82, 2.24) is 15.5 Å². The minimum absolute atomic E-state index is 0.106. The summed E-state index contributed by atoms with van der Waals surface area (Å²) in [5.41, 5.74) is 3.53. The van der Waals surface area contributed by atoms with Crippen molar-refractivity contribution in [3.05, 3.63) is 53.3 Å². The highest BCUT2D eigenvalue weighted by atomic mass is 16.1. The summed E-state index contributed by atoms with van der Waals surface area (Å²) < 4.78 is 0. The standard InChI is InChI=1S/C16H20N4O/c1-3-8-17-15-7-6-13(10-12(15)2)16(21)18-11-14-5-4-9-19-20-14/h4-7,9-10,17H,3,8,11H2,1-2H3,(H,18,21). The second-order valence-corrected chi connectivity index (χ2v) is 4.85. The summed E-state index contributed by atoms with van der Waals surface area (Å²) >= 11 is 0. The molecule has 0 aliphatic rings. The van der Waals surface area contributed by atoms with Crippen molar-refractivity contribution >= 4 is 11.6 Å². The number of rotatable bonds is 6. The molecule has 2 aromatic rings. The molecule has 2 rings (SSSR count). The molecule has 5 nitrogen and oxygen atoms in total. The number of aryl methyl sites for hydroxylation is 1. The fraction of sp³-hybridized carbons (Fsp3) is 0.312. The summed E-state index contributed by atoms with van der Waals surface area (Å²) in [5.74, 6) is -0.106. The van der Waals surface area contributed by atoms with Crippen LogP contribution in [-0.4, -0.2) is 22.6 Å². The Morgan fingerprint density at radius 3 is 2.81 bits per heavy atom. The van der Waals surface area contributed by atoms with E-state index < -0.39 is 0 Å². The van der Waals surface area contributed by atoms with Gasteiger partial charge in [0, 0.05) is 24.0 Å². The lowest BCUT2D eigenvalue weighted by molar-refractivity contribution is 0.0950. The SMILES string of the molecule is CCCNc1ccc(C(=O)NCc2cccnn2)cc1C. The molecule has 0 saturated heterocycles. The summed E-state index contributed by atoms with van der Waals surface area (Å²) in [4.78, 5) is 12.1. The Labute approximate surface area is 124 Å². The zero-order chi connectivity index (χ0) is 15.1. The van der Waals surface area contributed by atoms with Crippen LogP contribution in [0.2, 0.25) is 0 Å². The third-order valence-electron chi connectivity index (χ3n) is 3.11. The Hall–Kier alpha value is -2.43. The number of nitrogens with one attached hydrogen (secondary N) is 2. The summed E-state index contributed by atoms with van der Waals surface area (Å²) in [6.45, 7) is 5.43. The van der Waals surface area contributed by atoms with Crippen molar-refractivity contribution in [2.45, 2.75) is 26.8 Å². The van der Waals surface area contributed by atoms with Gasteiger partial charge in [-0.3, -0.25) is 4.79 Å². The molecule has 0 spiro atoms. The Kier molecular flexibility index (Phi) is 5.26. The van der Waals surface area contributed by atoms with E-state index in [4.69, 9.17) is 0 Å². The van der Waals surface area contributed by atoms with E-state index in [0.29, 0.717) is 12.1 Å². The number of carbonyl (C=O) groups excluding carboxylic acids is 1. The smallest absolute Gasteiger partial charge is 0.251 e. The van der Waals surface area contributed by atoms with E-state index in [9.17, 15) is 4.79 Å². The monoisotopic (exact) mass is 284 g/mol. The molecule has 1 amide bonds. The van der Waals surface area contributed by atoms with E-state index in [1.807, 2.05) is 31.2 Å². The van der Waals surface area contributed by atoms with Crippen LogP contribution in [0, 0.1) is 6.92 Å². The molecule has 0 bridgehead atoms. The predicted octanol–water partition coefficient (Wildman–Crippen LogP) is 2.54. The number of benzene rings is 1. The number of nitrogens with zero attached hydrogens (tertiary/aromatic N) is 2. The molecular weight excluding hydrogens is 264 g/mol. The Morgan fingerprint density at radius 2 is 2.14 bits per heavy atom. The first-order valence-electron chi connectivity index (χ1n) is 7.10. The average Bonchev–Trinajstić information content (AvgIpc) is 2.52. The molecule has 0 atom stereocenters. The van der Waals surface area contributed by atoms with Gasteiger partial charge in [0.05, 0.1) is 12.2 Å². The van der Waals surface area contributed by atoms with Gasteiger partial charge in [-0.25, -0.2) is 0 Å². The third-order valence-corrected chi connectivity index (χ3v) is 3.11. The maximum Gasteiger partial charge on any atom is 0.251 e. The normalized spacial score (nSPS) is 10.2. The maximum atomic E-state index is 12.1. The van der Waals surface area contributed by atoms with Crippen LogP contribution >= 0.6 is 0 Å². The number of aromatic nitrogens is 2. The van der Waals surface area contributed by atoms with E-state index in [1.165, 1.54) is 0 Å². The number of hydrogen-bond donors (Lipinski definition) is 2. The molecule has 0 aliphatic carbocycles. The second-order valence-electron chi connectivity index (χ2n) is 4.85. The minimum Gasteiger partial charge on any atom is -0.385 e. The molecule has 5 heteroatoms. The topological polar surface area (TPSA) is 66.9 Å². The van der Waals surface area contributed by atoms with Crippen LogP contribution in [0.25, 0.3) is 0 Å². The highest BCUT2D eigenvalue weighted by Gasteiger charge is 2.07. The van der Waals surface area contributed by atoms with E-state index in [1.54, 1.807) is 12.3 Å². The van der Waals surface area contributed by atoms with Crippen molar-refractivity contribution < 1.29 is 4.79 Å². The summed E-state index contributed by atoms with van der Waals surface area (Å²) in [6.07, 6.45) is 2.68. The first-order chi connectivity index (χ1) is 10.2. The Bertz CT molecular complexity index is 598. The van der Waals surface area contributed by atoms with Crippen molar-refractivity contribution in [3.63, 3.8) is 0 Å². The Balaban J connectivity index is 1.98. The summed E-state index contributed by atoms with van der Waals surface area (Å²) in [5, 5.41) is 13.9. The van der Waals surface area contributed by atoms with Crippen LogP contribution in [0.1, 0.15) is 35.0 Å². The van der Waals surface area contributed by atoms with Gasteiger partial charge in [0.1, 0.15) is 0 Å². The van der Waals surface area contributed by atoms with Crippen LogP contribution in [0.4, 0.5) is 5.69 Å². The molecule has 1 aromatic heterocycles. The molecule has 0 radical (unpaired) electrons. The second kappa shape index (κ2) is 7.38. The van der Waals surface area contributed by atoms with Crippen molar-refractivity contribution in [2.75, 3.05) is 11.9 Å². The van der Waals surface area contributed by atoms with Gasteiger partial charge in [-0.15, -0.1) is 0 Å². The molecule has 0 unspecified atom stereocenters. The average molecular weight is 284 g/mol. The molecule has 0 saturated carbocycles. The van der Waals surface area contributed by atoms with Crippen LogP contribution < -0.4 is 10.6 Å². The molecule has 2 N–H and O–H groups in total. The minimum atomic E-state index is -0.106. The molecule has 0 fully saturated rings. The largest absolute Gasteiger partial charge is 0.385 e. The van der Waals surface area contributed by atoms with Crippen molar-refractivity contribution in [1.29, 1.82) is 0 Å². The Morgan fingerprint density at radius 1 is 1.29 bits per heavy atom. The van der Waals surface area contributed by atoms with Gasteiger partial charge in [0.2, 0.25) is 0 Å². The fourth-order valence-corrected chi connectivity index (χ4v) is 1.96. The van der Waals surface area contributed by atoms with E-state index in [0.717, 1.165) is 29.9 Å². The van der Waals surface area contributed by atoms with Gasteiger partial charge in [0.15, 0.2) is 0 Å². The molecule has 0 aliphatic heterocycles. The van der Waals surface area contributed by atoms with E-state index in [-0.39, 0.29) is 5.91 Å². The quantitative estimate of drug-likeness (QED) is 0.855. The highest BCUT2D eigenvalue weighted by molar-refractivity contribution is 5.94. The zero-order valence-corrected chi connectivity index (χ0v) is 12.4. The first kappa shape index (κ1) is 15.0. The summed E-state index contributed by atoms with van der Waals surface area (Å²) in [6, 6.07) is 9.30. The molecule has 1 heterocycles. The first-order valence-corrected chi connectivity index (χ1v) is 7.10. The number of carbonyl (C=O) groups is 1. The van der Waals surface area contributed by atoms with Gasteiger partial charge in [-0.05, 0) is 49.2 Å². The molecule has 1 aromatic carbocycles. The van der Waals surface area contributed by atoms with E-state index >= 15 is 0 Å². The maximum absolute atomic E-state index is 12.1. The summed E-state index contributed by atoms with van der Waals surface area (Å²) in [7, 11) is 0. The van der Waals surface area contributed by atoms with Crippen molar-refractivity contribution in [2.24, 2.45) is 0 Å². The zero-order valence-electron chi connectivity index (χ0n) is 12.4. The van der Waals surface area contributed by atoms with Crippen LogP contribution in [0.5, 0.6) is 0 Å². The molecule has 21 heavy (non-hydrogen) atoms. The van der Waals surface area contributed by atoms with E-state index in [2.05, 4.69) is 27.8 Å². The van der Waals surface area contributed by atoms with Gasteiger partial charge < -0.3 is 10.6 Å². The molecular formula is C16H20N4O. The number of anilines is 1. The van der Waals surface area contributed by atoms with Crippen molar-refractivity contribution in [3.8, 4) is 0 Å². The van der Waals surface area contributed by atoms with Crippen LogP contribution in [0.3, 0.4) is 0 Å². The molecule has 110 valence electrons. The lowest BCUT2D eigenvalue weighted by Gasteiger charge is -2.10. The fourth-order valence-electron chi connectivity index (χ4n) is 1.96. The number of hydrogen-bond acceptors (Lipinski definition) is 4. The predicted molar refractivity (Wildman–Crippen MR) is 83.2 cm³/mol. The highest BCUT2D eigenvalue weighted by Crippen LogP contribution is 2.16. The van der Waals surface area contributed by atoms with Gasteiger partial charge >= 0.3 is 0 Å². The lowest BCUT2D eigenvalue weighted by atomic mass is 10.1. The van der Waals surface area contributed by atoms with Gasteiger partial charge in [-0.1, -0.05) is 6.92 Å². The number of amides is 1.